The van der Waals surface area contributed by atoms with Crippen LogP contribution < -0.4 is 27.0 Å². The average Bonchev–Trinajstić information content (AvgIpc) is 2.94. The van der Waals surface area contributed by atoms with Crippen LogP contribution in [0.2, 0.25) is 0 Å². The van der Waals surface area contributed by atoms with E-state index in [1.54, 1.807) is 59.1 Å². The summed E-state index contributed by atoms with van der Waals surface area (Å²) in [5.41, 5.74) is 6.24. The van der Waals surface area contributed by atoms with Gasteiger partial charge in [0.25, 0.3) is 0 Å². The lowest BCUT2D eigenvalue weighted by atomic mass is 10.0. The fourth-order valence-electron chi connectivity index (χ4n) is 3.58. The Morgan fingerprint density at radius 1 is 0.929 bits per heavy atom. The number of benzene rings is 1. The Bertz CT molecular complexity index is 1080. The standard InChI is InChI=1S/C28H45N7O7/c1-7-23(37)33-24(18(2)3)26(39)32-22(9-8-14-30-27(29)40)25(38)31-21-12-10-20(11-13-21)17-42-28(41)35(6)16-15-34(5)19(4)36/h10-13,18,22,24H,7-9,14-17H2,1-6H3,(H,31,38)(H,32,39)(H,33,37)(H3,29,30,40)/t22-,24-/m0/s1. The van der Waals surface area contributed by atoms with Crippen molar-refractivity contribution in [1.82, 2.24) is 25.8 Å². The van der Waals surface area contributed by atoms with Crippen molar-refractivity contribution in [1.29, 1.82) is 0 Å². The molecule has 0 aliphatic heterocycles. The van der Waals surface area contributed by atoms with Gasteiger partial charge in [0, 0.05) is 52.8 Å². The molecule has 1 aromatic rings. The molecular formula is C28H45N7O7. The largest absolute Gasteiger partial charge is 0.445 e. The van der Waals surface area contributed by atoms with Crippen LogP contribution in [0.3, 0.4) is 0 Å². The Morgan fingerprint density at radius 3 is 2.10 bits per heavy atom. The first-order valence-corrected chi connectivity index (χ1v) is 13.9. The second kappa shape index (κ2) is 18.1. The first kappa shape index (κ1) is 35.7. The minimum absolute atomic E-state index is 0.00552. The molecule has 0 aliphatic carbocycles. The molecule has 0 unspecified atom stereocenters. The van der Waals surface area contributed by atoms with Gasteiger partial charge in [-0.05, 0) is 36.5 Å². The van der Waals surface area contributed by atoms with Gasteiger partial charge in [0.05, 0.1) is 0 Å². The van der Waals surface area contributed by atoms with Gasteiger partial charge >= 0.3 is 12.1 Å². The second-order valence-electron chi connectivity index (χ2n) is 10.2. The van der Waals surface area contributed by atoms with E-state index in [9.17, 15) is 28.8 Å². The van der Waals surface area contributed by atoms with Gasteiger partial charge in [0.15, 0.2) is 0 Å². The highest BCUT2D eigenvalue weighted by Crippen LogP contribution is 2.13. The predicted octanol–water partition coefficient (Wildman–Crippen LogP) is 1.16. The maximum atomic E-state index is 13.1. The number of likely N-dealkylation sites (N-methyl/N-ethyl adjacent to an activating group) is 2. The fraction of sp³-hybridized carbons (Fsp3) is 0.571. The van der Waals surface area contributed by atoms with Gasteiger partial charge in [-0.2, -0.15) is 0 Å². The van der Waals surface area contributed by atoms with Crippen molar-refractivity contribution in [3.63, 3.8) is 0 Å². The van der Waals surface area contributed by atoms with Crippen LogP contribution >= 0.6 is 0 Å². The molecule has 1 aromatic carbocycles. The van der Waals surface area contributed by atoms with Crippen molar-refractivity contribution in [3.05, 3.63) is 29.8 Å². The number of carbonyl (C=O) groups is 6. The molecule has 0 saturated carbocycles. The average molecular weight is 592 g/mol. The number of amides is 7. The van der Waals surface area contributed by atoms with Crippen LogP contribution in [-0.4, -0.2) is 91.4 Å². The zero-order valence-corrected chi connectivity index (χ0v) is 25.3. The maximum absolute atomic E-state index is 13.1. The number of urea groups is 1. The molecule has 7 amide bonds. The molecule has 0 saturated heterocycles. The zero-order chi connectivity index (χ0) is 31.8. The Kier molecular flexibility index (Phi) is 15.4. The molecule has 0 radical (unpaired) electrons. The topological polar surface area (TPSA) is 192 Å². The Labute approximate surface area is 247 Å². The molecular weight excluding hydrogens is 546 g/mol. The van der Waals surface area contributed by atoms with E-state index in [2.05, 4.69) is 21.3 Å². The molecule has 6 N–H and O–H groups in total. The quantitative estimate of drug-likeness (QED) is 0.178. The van der Waals surface area contributed by atoms with Crippen LogP contribution in [0.15, 0.2) is 24.3 Å². The van der Waals surface area contributed by atoms with Crippen LogP contribution in [0.4, 0.5) is 15.3 Å². The minimum Gasteiger partial charge on any atom is -0.445 e. The molecule has 234 valence electrons. The minimum atomic E-state index is -0.954. The first-order chi connectivity index (χ1) is 19.7. The van der Waals surface area contributed by atoms with Gasteiger partial charge in [-0.15, -0.1) is 0 Å². The van der Waals surface area contributed by atoms with Gasteiger partial charge in [0.2, 0.25) is 23.6 Å². The highest BCUT2D eigenvalue weighted by Gasteiger charge is 2.28. The van der Waals surface area contributed by atoms with Gasteiger partial charge in [-0.25, -0.2) is 9.59 Å². The van der Waals surface area contributed by atoms with Crippen molar-refractivity contribution in [3.8, 4) is 0 Å². The van der Waals surface area contributed by atoms with Crippen molar-refractivity contribution < 1.29 is 33.5 Å². The van der Waals surface area contributed by atoms with Gasteiger partial charge in [0.1, 0.15) is 18.7 Å². The molecule has 0 aliphatic rings. The number of ether oxygens (including phenoxy) is 1. The maximum Gasteiger partial charge on any atom is 0.409 e. The molecule has 0 spiro atoms. The summed E-state index contributed by atoms with van der Waals surface area (Å²) < 4.78 is 5.31. The van der Waals surface area contributed by atoms with Gasteiger partial charge in [-0.3, -0.25) is 19.2 Å². The smallest absolute Gasteiger partial charge is 0.409 e. The Balaban J connectivity index is 2.81. The molecule has 0 aromatic heterocycles. The normalized spacial score (nSPS) is 12.0. The molecule has 42 heavy (non-hydrogen) atoms. The summed E-state index contributed by atoms with van der Waals surface area (Å²) in [6, 6.07) is 4.17. The van der Waals surface area contributed by atoms with Crippen LogP contribution in [0, 0.1) is 5.92 Å². The molecule has 14 nitrogen and oxygen atoms in total. The fourth-order valence-corrected chi connectivity index (χ4v) is 3.58. The van der Waals surface area contributed by atoms with Gasteiger partial charge in [-0.1, -0.05) is 32.9 Å². The number of hydrogen-bond acceptors (Lipinski definition) is 7. The lowest BCUT2D eigenvalue weighted by Gasteiger charge is -2.25. The predicted molar refractivity (Wildman–Crippen MR) is 157 cm³/mol. The summed E-state index contributed by atoms with van der Waals surface area (Å²) in [5, 5.41) is 10.6. The Hall–Kier alpha value is -4.36. The summed E-state index contributed by atoms with van der Waals surface area (Å²) in [4.78, 5) is 75.5. The van der Waals surface area contributed by atoms with Crippen LogP contribution in [0.1, 0.15) is 52.5 Å². The highest BCUT2D eigenvalue weighted by atomic mass is 16.6. The Morgan fingerprint density at radius 2 is 1.55 bits per heavy atom. The first-order valence-electron chi connectivity index (χ1n) is 13.9. The van der Waals surface area contributed by atoms with E-state index in [1.807, 2.05) is 0 Å². The number of nitrogens with zero attached hydrogens (tertiary/aromatic N) is 2. The van der Waals surface area contributed by atoms with E-state index in [4.69, 9.17) is 10.5 Å². The second-order valence-corrected chi connectivity index (χ2v) is 10.2. The SMILES string of the molecule is CCC(=O)N[C@H](C(=O)N[C@@H](CCCNC(N)=O)C(=O)Nc1ccc(COC(=O)N(C)CCN(C)C(C)=O)cc1)C(C)C. The van der Waals surface area contributed by atoms with Crippen LogP contribution in [0.25, 0.3) is 0 Å². The highest BCUT2D eigenvalue weighted by molar-refractivity contribution is 5.98. The number of rotatable bonds is 16. The van der Waals surface area contributed by atoms with Crippen molar-refractivity contribution in [2.75, 3.05) is 39.0 Å². The monoisotopic (exact) mass is 591 g/mol. The summed E-state index contributed by atoms with van der Waals surface area (Å²) >= 11 is 0. The van der Waals surface area contributed by atoms with Crippen molar-refractivity contribution >= 4 is 41.4 Å². The third kappa shape index (κ3) is 13.3. The molecule has 0 bridgehead atoms. The molecule has 0 fully saturated rings. The lowest BCUT2D eigenvalue weighted by molar-refractivity contribution is -0.132. The van der Waals surface area contributed by atoms with Crippen molar-refractivity contribution in [2.45, 2.75) is 65.6 Å². The molecule has 0 heterocycles. The number of nitrogens with one attached hydrogen (secondary N) is 4. The van der Waals surface area contributed by atoms with Gasteiger partial charge < -0.3 is 41.5 Å². The third-order valence-electron chi connectivity index (χ3n) is 6.39. The molecule has 1 rings (SSSR count). The van der Waals surface area contributed by atoms with E-state index in [0.717, 1.165) is 0 Å². The summed E-state index contributed by atoms with van der Waals surface area (Å²) in [6.07, 6.45) is 0.236. The van der Waals surface area contributed by atoms with Crippen molar-refractivity contribution in [2.24, 2.45) is 11.7 Å². The van der Waals surface area contributed by atoms with Crippen LogP contribution in [-0.2, 0) is 30.5 Å². The van der Waals surface area contributed by atoms with E-state index < -0.39 is 36.0 Å². The third-order valence-corrected chi connectivity index (χ3v) is 6.39. The van der Waals surface area contributed by atoms with E-state index >= 15 is 0 Å². The lowest BCUT2D eigenvalue weighted by Crippen LogP contribution is -2.54. The number of primary amides is 1. The van der Waals surface area contributed by atoms with E-state index in [1.165, 1.54) is 16.7 Å². The summed E-state index contributed by atoms with van der Waals surface area (Å²) in [6.45, 7) is 7.62. The number of nitrogens with two attached hydrogens (primary N) is 1. The summed E-state index contributed by atoms with van der Waals surface area (Å²) in [7, 11) is 3.23. The van der Waals surface area contributed by atoms with Crippen LogP contribution in [0.5, 0.6) is 0 Å². The number of anilines is 1. The zero-order valence-electron chi connectivity index (χ0n) is 25.3. The molecule has 2 atom stereocenters. The van der Waals surface area contributed by atoms with E-state index in [-0.39, 0.29) is 43.7 Å². The molecule has 14 heteroatoms. The van der Waals surface area contributed by atoms with E-state index in [0.29, 0.717) is 30.8 Å². The summed E-state index contributed by atoms with van der Waals surface area (Å²) in [5.74, 6) is -1.58. The number of carbonyl (C=O) groups excluding carboxylic acids is 6. The number of hydrogen-bond donors (Lipinski definition) is 5.